The second-order valence-corrected chi connectivity index (χ2v) is 7.04. The van der Waals surface area contributed by atoms with Crippen molar-refractivity contribution in [2.45, 2.75) is 6.10 Å². The largest absolute Gasteiger partial charge is 0.396 e. The van der Waals surface area contributed by atoms with Gasteiger partial charge in [0.1, 0.15) is 5.82 Å². The normalized spacial score (nSPS) is 19.4. The molecule has 4 rings (SSSR count). The Morgan fingerprint density at radius 1 is 1.07 bits per heavy atom. The van der Waals surface area contributed by atoms with E-state index in [1.54, 1.807) is 12.4 Å². The number of benzene rings is 1. The third-order valence-electron chi connectivity index (χ3n) is 4.74. The predicted octanol–water partition coefficient (Wildman–Crippen LogP) is 2.65. The SMILES string of the molecule is OC[C@H]1CN(c2cc(-c3ccc(Cl)cc3)nc(-c3cccnc3)n2)C[C@H]1O. The highest BCUT2D eigenvalue weighted by molar-refractivity contribution is 6.30. The van der Waals surface area contributed by atoms with Crippen LogP contribution in [0.1, 0.15) is 0 Å². The fourth-order valence-electron chi connectivity index (χ4n) is 3.21. The summed E-state index contributed by atoms with van der Waals surface area (Å²) in [5.74, 6) is 1.09. The first kappa shape index (κ1) is 17.9. The van der Waals surface area contributed by atoms with Gasteiger partial charge in [-0.1, -0.05) is 23.7 Å². The highest BCUT2D eigenvalue weighted by Crippen LogP contribution is 2.29. The van der Waals surface area contributed by atoms with E-state index < -0.39 is 6.10 Å². The molecule has 0 spiro atoms. The predicted molar refractivity (Wildman–Crippen MR) is 105 cm³/mol. The number of aromatic nitrogens is 3. The van der Waals surface area contributed by atoms with Crippen molar-refractivity contribution in [1.82, 2.24) is 15.0 Å². The van der Waals surface area contributed by atoms with Gasteiger partial charge < -0.3 is 15.1 Å². The Hall–Kier alpha value is -2.54. The van der Waals surface area contributed by atoms with Crippen molar-refractivity contribution < 1.29 is 10.2 Å². The van der Waals surface area contributed by atoms with Gasteiger partial charge >= 0.3 is 0 Å². The van der Waals surface area contributed by atoms with E-state index in [0.29, 0.717) is 29.8 Å². The average molecular weight is 383 g/mol. The first-order chi connectivity index (χ1) is 13.1. The summed E-state index contributed by atoms with van der Waals surface area (Å²) in [6, 6.07) is 13.1. The van der Waals surface area contributed by atoms with E-state index in [2.05, 4.69) is 9.97 Å². The van der Waals surface area contributed by atoms with Crippen molar-refractivity contribution in [3.63, 3.8) is 0 Å². The van der Waals surface area contributed by atoms with Crippen LogP contribution in [-0.4, -0.2) is 51.0 Å². The molecular formula is C20H19ClN4O2. The van der Waals surface area contributed by atoms with Gasteiger partial charge in [-0.15, -0.1) is 0 Å². The quantitative estimate of drug-likeness (QED) is 0.721. The van der Waals surface area contributed by atoms with Gasteiger partial charge in [0.2, 0.25) is 0 Å². The lowest BCUT2D eigenvalue weighted by Gasteiger charge is -2.19. The maximum absolute atomic E-state index is 10.2. The molecular weight excluding hydrogens is 364 g/mol. The number of hydrogen-bond acceptors (Lipinski definition) is 6. The van der Waals surface area contributed by atoms with Gasteiger partial charge in [-0.25, -0.2) is 9.97 Å². The Morgan fingerprint density at radius 3 is 2.56 bits per heavy atom. The number of halogens is 1. The molecule has 7 heteroatoms. The molecule has 138 valence electrons. The Labute approximate surface area is 162 Å². The van der Waals surface area contributed by atoms with Gasteiger partial charge in [-0.2, -0.15) is 0 Å². The standard InChI is InChI=1S/C20H19ClN4O2/c21-16-5-3-13(4-6-16)17-8-19(25-10-15(12-26)18(27)11-25)24-20(23-17)14-2-1-7-22-9-14/h1-9,15,18,26-27H,10-12H2/t15-,18-/m1/s1. The number of aliphatic hydroxyl groups is 2. The molecule has 2 aromatic heterocycles. The fourth-order valence-corrected chi connectivity index (χ4v) is 3.34. The topological polar surface area (TPSA) is 82.4 Å². The molecule has 0 amide bonds. The zero-order chi connectivity index (χ0) is 18.8. The molecule has 2 atom stereocenters. The number of anilines is 1. The summed E-state index contributed by atoms with van der Waals surface area (Å²) in [5.41, 5.74) is 2.50. The molecule has 2 N–H and O–H groups in total. The summed E-state index contributed by atoms with van der Waals surface area (Å²) in [6.07, 6.45) is 2.85. The van der Waals surface area contributed by atoms with Gasteiger partial charge in [0, 0.05) is 53.6 Å². The minimum atomic E-state index is -0.578. The monoisotopic (exact) mass is 382 g/mol. The van der Waals surface area contributed by atoms with Crippen LogP contribution in [0.5, 0.6) is 0 Å². The second-order valence-electron chi connectivity index (χ2n) is 6.60. The van der Waals surface area contributed by atoms with Crippen LogP contribution in [0, 0.1) is 5.92 Å². The molecule has 0 bridgehead atoms. The van der Waals surface area contributed by atoms with Gasteiger partial charge in [-0.05, 0) is 24.3 Å². The van der Waals surface area contributed by atoms with Crippen molar-refractivity contribution in [2.24, 2.45) is 5.92 Å². The molecule has 1 aliphatic heterocycles. The van der Waals surface area contributed by atoms with Crippen LogP contribution < -0.4 is 4.90 Å². The summed E-state index contributed by atoms with van der Waals surface area (Å²) >= 11 is 6.01. The number of pyridine rings is 1. The minimum absolute atomic E-state index is 0.0533. The van der Waals surface area contributed by atoms with Crippen molar-refractivity contribution in [3.8, 4) is 22.6 Å². The molecule has 1 fully saturated rings. The lowest BCUT2D eigenvalue weighted by molar-refractivity contribution is 0.104. The Balaban J connectivity index is 1.79. The third kappa shape index (κ3) is 3.78. The molecule has 3 heterocycles. The molecule has 0 aliphatic carbocycles. The number of β-amino-alcohol motifs (C(OH)–C–C–N with tert-alkyl or cyclic N) is 1. The molecule has 0 saturated carbocycles. The summed E-state index contributed by atoms with van der Waals surface area (Å²) in [5, 5.41) is 20.3. The van der Waals surface area contributed by atoms with E-state index in [1.807, 2.05) is 47.4 Å². The number of rotatable bonds is 4. The molecule has 1 aliphatic rings. The molecule has 27 heavy (non-hydrogen) atoms. The molecule has 0 radical (unpaired) electrons. The smallest absolute Gasteiger partial charge is 0.163 e. The first-order valence-corrected chi connectivity index (χ1v) is 9.11. The van der Waals surface area contributed by atoms with Gasteiger partial charge in [0.15, 0.2) is 5.82 Å². The van der Waals surface area contributed by atoms with Crippen LogP contribution in [0.15, 0.2) is 54.9 Å². The van der Waals surface area contributed by atoms with Crippen LogP contribution in [0.3, 0.4) is 0 Å². The maximum atomic E-state index is 10.2. The Morgan fingerprint density at radius 2 is 1.89 bits per heavy atom. The number of hydrogen-bond donors (Lipinski definition) is 2. The van der Waals surface area contributed by atoms with Crippen molar-refractivity contribution in [3.05, 3.63) is 59.9 Å². The Kier molecular flexibility index (Phi) is 5.03. The highest BCUT2D eigenvalue weighted by atomic mass is 35.5. The molecule has 3 aromatic rings. The maximum Gasteiger partial charge on any atom is 0.163 e. The van der Waals surface area contributed by atoms with E-state index in [4.69, 9.17) is 16.6 Å². The van der Waals surface area contributed by atoms with Crippen LogP contribution >= 0.6 is 11.6 Å². The molecule has 0 unspecified atom stereocenters. The number of aliphatic hydroxyl groups excluding tert-OH is 2. The summed E-state index contributed by atoms with van der Waals surface area (Å²) in [4.78, 5) is 15.5. The van der Waals surface area contributed by atoms with Gasteiger partial charge in [0.25, 0.3) is 0 Å². The summed E-state index contributed by atoms with van der Waals surface area (Å²) < 4.78 is 0. The molecule has 1 saturated heterocycles. The lowest BCUT2D eigenvalue weighted by Crippen LogP contribution is -2.22. The number of nitrogens with zero attached hydrogens (tertiary/aromatic N) is 4. The van der Waals surface area contributed by atoms with Gasteiger partial charge in [0.05, 0.1) is 18.4 Å². The average Bonchev–Trinajstić information content (AvgIpc) is 3.10. The van der Waals surface area contributed by atoms with E-state index >= 15 is 0 Å². The van der Waals surface area contributed by atoms with Crippen LogP contribution in [0.2, 0.25) is 5.02 Å². The molecule has 1 aromatic carbocycles. The summed E-state index contributed by atoms with van der Waals surface area (Å²) in [7, 11) is 0. The first-order valence-electron chi connectivity index (χ1n) is 8.73. The fraction of sp³-hybridized carbons (Fsp3) is 0.250. The van der Waals surface area contributed by atoms with Crippen LogP contribution in [0.4, 0.5) is 5.82 Å². The molecule has 6 nitrogen and oxygen atoms in total. The summed E-state index contributed by atoms with van der Waals surface area (Å²) in [6.45, 7) is 0.915. The van der Waals surface area contributed by atoms with Crippen molar-refractivity contribution >= 4 is 17.4 Å². The third-order valence-corrected chi connectivity index (χ3v) is 4.99. The minimum Gasteiger partial charge on any atom is -0.396 e. The van der Waals surface area contributed by atoms with Crippen molar-refractivity contribution in [2.75, 3.05) is 24.6 Å². The van der Waals surface area contributed by atoms with E-state index in [9.17, 15) is 10.2 Å². The van der Waals surface area contributed by atoms with Crippen LogP contribution in [0.25, 0.3) is 22.6 Å². The van der Waals surface area contributed by atoms with E-state index in [-0.39, 0.29) is 12.5 Å². The second kappa shape index (κ2) is 7.60. The lowest BCUT2D eigenvalue weighted by atomic mass is 10.1. The van der Waals surface area contributed by atoms with E-state index in [1.165, 1.54) is 0 Å². The Bertz CT molecular complexity index is 921. The van der Waals surface area contributed by atoms with Crippen molar-refractivity contribution in [1.29, 1.82) is 0 Å². The van der Waals surface area contributed by atoms with Crippen LogP contribution in [-0.2, 0) is 0 Å². The zero-order valence-corrected chi connectivity index (χ0v) is 15.3. The highest BCUT2D eigenvalue weighted by Gasteiger charge is 2.32. The van der Waals surface area contributed by atoms with E-state index in [0.717, 1.165) is 16.8 Å². The van der Waals surface area contributed by atoms with Gasteiger partial charge in [-0.3, -0.25) is 4.98 Å². The zero-order valence-electron chi connectivity index (χ0n) is 14.5.